The molecule has 0 rings (SSSR count). The maximum Gasteiger partial charge on any atom is 0.458 e. The van der Waals surface area contributed by atoms with Gasteiger partial charge in [-0.25, -0.2) is 0 Å². The van der Waals surface area contributed by atoms with E-state index in [2.05, 4.69) is 9.05 Å². The van der Waals surface area contributed by atoms with Gasteiger partial charge in [0.25, 0.3) is 8.38 Å². The van der Waals surface area contributed by atoms with E-state index in [9.17, 15) is 13.2 Å². The Kier molecular flexibility index (Phi) is 3.40. The number of halogens is 3. The summed E-state index contributed by atoms with van der Waals surface area (Å²) in [7, 11) is -0.775. The van der Waals surface area contributed by atoms with E-state index < -0.39 is 14.3 Å². The van der Waals surface area contributed by atoms with Crippen LogP contribution in [0.5, 0.6) is 0 Å². The third-order valence-corrected chi connectivity index (χ3v) is 1.62. The van der Waals surface area contributed by atoms with Gasteiger partial charge in [-0.3, -0.25) is 0 Å². The van der Waals surface area contributed by atoms with E-state index in [0.717, 1.165) is 14.2 Å². The molecule has 0 aliphatic rings. The second-order valence-corrected chi connectivity index (χ2v) is 2.84. The molecule has 0 aromatic carbocycles. The van der Waals surface area contributed by atoms with Gasteiger partial charge in [0.1, 0.15) is 0 Å². The van der Waals surface area contributed by atoms with Crippen LogP contribution in [0.4, 0.5) is 13.2 Å². The molecule has 0 radical (unpaired) electrons. The fourth-order valence-electron chi connectivity index (χ4n) is 0.282. The molecule has 0 aromatic heterocycles. The van der Waals surface area contributed by atoms with E-state index in [1.54, 1.807) is 0 Å². The zero-order chi connectivity index (χ0) is 7.49. The minimum Gasteiger partial charge on any atom is -0.331 e. The van der Waals surface area contributed by atoms with Gasteiger partial charge in [0.2, 0.25) is 0 Å². The molecule has 0 atom stereocenters. The molecule has 0 aliphatic heterocycles. The first kappa shape index (κ1) is 9.14. The van der Waals surface area contributed by atoms with Gasteiger partial charge in [0.05, 0.1) is 0 Å². The molecule has 9 heavy (non-hydrogen) atoms. The van der Waals surface area contributed by atoms with Crippen LogP contribution < -0.4 is 0 Å². The minimum atomic E-state index is -4.36. The monoisotopic (exact) mass is 162 g/mol. The van der Waals surface area contributed by atoms with Crippen LogP contribution in [-0.2, 0) is 9.05 Å². The molecule has 56 valence electrons. The van der Waals surface area contributed by atoms with Crippen molar-refractivity contribution >= 4 is 8.38 Å². The highest BCUT2D eigenvalue weighted by Gasteiger charge is 2.42. The van der Waals surface area contributed by atoms with Gasteiger partial charge in [0, 0.05) is 14.2 Å². The summed E-state index contributed by atoms with van der Waals surface area (Å²) in [5, 5.41) is 0. The second kappa shape index (κ2) is 3.34. The lowest BCUT2D eigenvalue weighted by atomic mass is 11.6. The van der Waals surface area contributed by atoms with Crippen LogP contribution in [0.15, 0.2) is 0 Å². The molecular weight excluding hydrogens is 156 g/mol. The highest BCUT2D eigenvalue weighted by molar-refractivity contribution is 7.48. The summed E-state index contributed by atoms with van der Waals surface area (Å²) in [6.45, 7) is 0. The molecular formula is C3H6F3O2P. The minimum absolute atomic E-state index is 0.961. The van der Waals surface area contributed by atoms with Gasteiger partial charge in [-0.1, -0.05) is 0 Å². The lowest BCUT2D eigenvalue weighted by molar-refractivity contribution is -0.0594. The molecule has 0 amide bonds. The summed E-state index contributed by atoms with van der Waals surface area (Å²) in [5.74, 6) is -4.36. The molecule has 0 fully saturated rings. The number of hydrogen-bond acceptors (Lipinski definition) is 2. The lowest BCUT2D eigenvalue weighted by Crippen LogP contribution is -2.06. The van der Waals surface area contributed by atoms with Gasteiger partial charge in [0.15, 0.2) is 0 Å². The van der Waals surface area contributed by atoms with Crippen molar-refractivity contribution in [3.05, 3.63) is 0 Å². The van der Waals surface area contributed by atoms with Crippen molar-refractivity contribution in [1.29, 1.82) is 0 Å². The zero-order valence-corrected chi connectivity index (χ0v) is 5.79. The predicted octanol–water partition coefficient (Wildman–Crippen LogP) is 2.11. The van der Waals surface area contributed by atoms with Crippen molar-refractivity contribution in [2.75, 3.05) is 14.2 Å². The van der Waals surface area contributed by atoms with Crippen molar-refractivity contribution in [3.63, 3.8) is 0 Å². The first-order chi connectivity index (χ1) is 4.02. The molecule has 0 bridgehead atoms. The van der Waals surface area contributed by atoms with Gasteiger partial charge >= 0.3 is 5.92 Å². The van der Waals surface area contributed by atoms with Crippen molar-refractivity contribution in [1.82, 2.24) is 0 Å². The average Bonchev–Trinajstić information content (AvgIpc) is 1.65. The maximum absolute atomic E-state index is 11.5. The van der Waals surface area contributed by atoms with E-state index in [4.69, 9.17) is 0 Å². The van der Waals surface area contributed by atoms with E-state index in [-0.39, 0.29) is 0 Å². The smallest absolute Gasteiger partial charge is 0.331 e. The Morgan fingerprint density at radius 1 is 1.11 bits per heavy atom. The third-order valence-electron chi connectivity index (χ3n) is 0.539. The van der Waals surface area contributed by atoms with Gasteiger partial charge in [-0.05, 0) is 0 Å². The van der Waals surface area contributed by atoms with Crippen molar-refractivity contribution in [3.8, 4) is 0 Å². The molecule has 0 saturated heterocycles. The van der Waals surface area contributed by atoms with Crippen molar-refractivity contribution in [2.24, 2.45) is 0 Å². The Morgan fingerprint density at radius 2 is 1.44 bits per heavy atom. The summed E-state index contributed by atoms with van der Waals surface area (Å²) in [6.07, 6.45) is 0. The van der Waals surface area contributed by atoms with E-state index >= 15 is 0 Å². The quantitative estimate of drug-likeness (QED) is 0.579. The molecule has 0 unspecified atom stereocenters. The lowest BCUT2D eigenvalue weighted by Gasteiger charge is -2.13. The molecule has 6 heteroatoms. The largest absolute Gasteiger partial charge is 0.458 e. The summed E-state index contributed by atoms with van der Waals surface area (Å²) < 4.78 is 42.5. The number of alkyl halides is 3. The van der Waals surface area contributed by atoms with Crippen LogP contribution in [0.25, 0.3) is 0 Å². The van der Waals surface area contributed by atoms with Gasteiger partial charge < -0.3 is 9.05 Å². The van der Waals surface area contributed by atoms with Crippen LogP contribution in [0.2, 0.25) is 0 Å². The SMILES string of the molecule is COP(OC)C(F)(F)F. The highest BCUT2D eigenvalue weighted by Crippen LogP contribution is 2.53. The summed E-state index contributed by atoms with van der Waals surface area (Å²) in [4.78, 5) is 0. The van der Waals surface area contributed by atoms with Crippen LogP contribution >= 0.6 is 8.38 Å². The topological polar surface area (TPSA) is 18.5 Å². The molecule has 0 aromatic rings. The average molecular weight is 162 g/mol. The molecule has 2 nitrogen and oxygen atoms in total. The fraction of sp³-hybridized carbons (Fsp3) is 1.00. The zero-order valence-electron chi connectivity index (χ0n) is 4.90. The van der Waals surface area contributed by atoms with Gasteiger partial charge in [-0.15, -0.1) is 0 Å². The highest BCUT2D eigenvalue weighted by atomic mass is 31.2. The van der Waals surface area contributed by atoms with E-state index in [1.165, 1.54) is 0 Å². The third kappa shape index (κ3) is 2.98. The Balaban J connectivity index is 3.79. The first-order valence-corrected chi connectivity index (χ1v) is 3.15. The van der Waals surface area contributed by atoms with Crippen LogP contribution in [0.3, 0.4) is 0 Å². The second-order valence-electron chi connectivity index (χ2n) is 1.09. The van der Waals surface area contributed by atoms with Gasteiger partial charge in [-0.2, -0.15) is 13.2 Å². The normalized spacial score (nSPS) is 12.7. The Hall–Kier alpha value is 0.140. The standard InChI is InChI=1S/C3H6F3O2P/c1-7-9(8-2)3(4,5)6/h1-2H3. The molecule has 0 spiro atoms. The van der Waals surface area contributed by atoms with Crippen LogP contribution in [0, 0.1) is 0 Å². The number of rotatable bonds is 2. The number of hydrogen-bond donors (Lipinski definition) is 0. The summed E-state index contributed by atoms with van der Waals surface area (Å²) in [6, 6.07) is 0. The fourth-order valence-corrected chi connectivity index (χ4v) is 0.845. The molecule has 0 heterocycles. The Bertz CT molecular complexity index is 79.6. The predicted molar refractivity (Wildman–Crippen MR) is 27.0 cm³/mol. The van der Waals surface area contributed by atoms with Crippen molar-refractivity contribution < 1.29 is 22.2 Å². The Morgan fingerprint density at radius 3 is 1.44 bits per heavy atom. The van der Waals surface area contributed by atoms with E-state index in [0.29, 0.717) is 0 Å². The maximum atomic E-state index is 11.5. The Labute approximate surface area is 51.9 Å². The molecule has 0 N–H and O–H groups in total. The molecule has 0 aliphatic carbocycles. The van der Waals surface area contributed by atoms with Crippen LogP contribution in [-0.4, -0.2) is 20.1 Å². The van der Waals surface area contributed by atoms with Crippen LogP contribution in [0.1, 0.15) is 0 Å². The first-order valence-electron chi connectivity index (χ1n) is 1.97. The summed E-state index contributed by atoms with van der Waals surface area (Å²) >= 11 is 0. The van der Waals surface area contributed by atoms with Crippen molar-refractivity contribution in [2.45, 2.75) is 5.92 Å². The molecule has 0 saturated carbocycles. The van der Waals surface area contributed by atoms with E-state index in [1.807, 2.05) is 0 Å². The summed E-state index contributed by atoms with van der Waals surface area (Å²) in [5.41, 5.74) is 0.